The van der Waals surface area contributed by atoms with Gasteiger partial charge < -0.3 is 4.74 Å². The molecule has 1 saturated carbocycles. The van der Waals surface area contributed by atoms with Crippen molar-refractivity contribution in [1.29, 1.82) is 5.41 Å². The molecule has 1 aliphatic carbocycles. The molecule has 0 saturated heterocycles. The second kappa shape index (κ2) is 3.72. The minimum Gasteiger partial charge on any atom is -0.481 e. The molecule has 54 valence electrons. The van der Waals surface area contributed by atoms with Crippen LogP contribution in [-0.2, 0) is 4.74 Å². The Balaban J connectivity index is 0.000000640. The molecule has 0 aromatic carbocycles. The van der Waals surface area contributed by atoms with Gasteiger partial charge in [0.25, 0.3) is 0 Å². The maximum atomic E-state index is 7.18. The SMILES string of the molecule is CCOC(=N)C1CC1.Cl. The number of halogens is 1. The first-order valence-corrected chi connectivity index (χ1v) is 3.06. The third-order valence-corrected chi connectivity index (χ3v) is 1.25. The first-order valence-electron chi connectivity index (χ1n) is 3.06. The maximum Gasteiger partial charge on any atom is 0.183 e. The molecule has 0 unspecified atom stereocenters. The summed E-state index contributed by atoms with van der Waals surface area (Å²) in [6.45, 7) is 2.56. The summed E-state index contributed by atoms with van der Waals surface area (Å²) in [4.78, 5) is 0. The van der Waals surface area contributed by atoms with Crippen LogP contribution in [0.3, 0.4) is 0 Å². The second-order valence-corrected chi connectivity index (χ2v) is 2.07. The third-order valence-electron chi connectivity index (χ3n) is 1.25. The predicted octanol–water partition coefficient (Wildman–Crippen LogP) is 1.83. The molecule has 0 radical (unpaired) electrons. The zero-order valence-corrected chi connectivity index (χ0v) is 6.33. The molecule has 1 aliphatic rings. The minimum atomic E-state index is 0. The minimum absolute atomic E-state index is 0. The molecule has 0 aromatic rings. The first kappa shape index (κ1) is 8.76. The average molecular weight is 150 g/mol. The molecular weight excluding hydrogens is 138 g/mol. The molecular formula is C6H12ClNO. The summed E-state index contributed by atoms with van der Waals surface area (Å²) in [5.74, 6) is 0.974. The van der Waals surface area contributed by atoms with Crippen molar-refractivity contribution in [2.75, 3.05) is 6.61 Å². The summed E-state index contributed by atoms with van der Waals surface area (Å²) >= 11 is 0. The van der Waals surface area contributed by atoms with E-state index in [2.05, 4.69) is 0 Å². The number of ether oxygens (including phenoxy) is 1. The van der Waals surface area contributed by atoms with Gasteiger partial charge in [-0.2, -0.15) is 0 Å². The van der Waals surface area contributed by atoms with Gasteiger partial charge in [0.15, 0.2) is 5.90 Å². The highest BCUT2D eigenvalue weighted by atomic mass is 35.5. The smallest absolute Gasteiger partial charge is 0.183 e. The number of hydrogen-bond acceptors (Lipinski definition) is 2. The Morgan fingerprint density at radius 1 is 1.67 bits per heavy atom. The third kappa shape index (κ3) is 2.70. The summed E-state index contributed by atoms with van der Waals surface area (Å²) < 4.78 is 4.95. The highest BCUT2D eigenvalue weighted by molar-refractivity contribution is 5.85. The van der Waals surface area contributed by atoms with Gasteiger partial charge in [-0.25, -0.2) is 0 Å². The van der Waals surface area contributed by atoms with Crippen LogP contribution in [0.25, 0.3) is 0 Å². The van der Waals surface area contributed by atoms with Crippen LogP contribution in [0, 0.1) is 11.3 Å². The molecule has 0 heterocycles. The van der Waals surface area contributed by atoms with Crippen LogP contribution in [-0.4, -0.2) is 12.5 Å². The highest BCUT2D eigenvalue weighted by Crippen LogP contribution is 2.30. The lowest BCUT2D eigenvalue weighted by molar-refractivity contribution is 0.311. The molecule has 0 aromatic heterocycles. The van der Waals surface area contributed by atoms with E-state index in [1.807, 2.05) is 6.92 Å². The van der Waals surface area contributed by atoms with E-state index in [0.717, 1.165) is 0 Å². The van der Waals surface area contributed by atoms with Gasteiger partial charge in [0.2, 0.25) is 0 Å². The lowest BCUT2D eigenvalue weighted by Gasteiger charge is -1.99. The Kier molecular flexibility index (Phi) is 3.62. The van der Waals surface area contributed by atoms with E-state index in [1.54, 1.807) is 0 Å². The van der Waals surface area contributed by atoms with Crippen LogP contribution in [0.15, 0.2) is 0 Å². The molecule has 0 atom stereocenters. The molecule has 0 aliphatic heterocycles. The predicted molar refractivity (Wildman–Crippen MR) is 39.3 cm³/mol. The average Bonchev–Trinajstić information content (AvgIpc) is 2.45. The Morgan fingerprint density at radius 3 is 2.56 bits per heavy atom. The molecule has 1 fully saturated rings. The fourth-order valence-electron chi connectivity index (χ4n) is 0.619. The first-order chi connectivity index (χ1) is 3.84. The zero-order valence-electron chi connectivity index (χ0n) is 5.52. The maximum absolute atomic E-state index is 7.18. The lowest BCUT2D eigenvalue weighted by atomic mass is 10.4. The summed E-state index contributed by atoms with van der Waals surface area (Å²) in [6, 6.07) is 0. The summed E-state index contributed by atoms with van der Waals surface area (Å²) in [5.41, 5.74) is 0. The van der Waals surface area contributed by atoms with Crippen molar-refractivity contribution in [2.45, 2.75) is 19.8 Å². The second-order valence-electron chi connectivity index (χ2n) is 2.07. The van der Waals surface area contributed by atoms with Gasteiger partial charge in [0.05, 0.1) is 6.61 Å². The van der Waals surface area contributed by atoms with Gasteiger partial charge in [0.1, 0.15) is 0 Å². The Morgan fingerprint density at radius 2 is 2.22 bits per heavy atom. The van der Waals surface area contributed by atoms with Gasteiger partial charge in [0, 0.05) is 5.92 Å². The van der Waals surface area contributed by atoms with E-state index in [-0.39, 0.29) is 12.4 Å². The summed E-state index contributed by atoms with van der Waals surface area (Å²) in [5, 5.41) is 7.18. The molecule has 0 bridgehead atoms. The van der Waals surface area contributed by atoms with Gasteiger partial charge in [-0.05, 0) is 19.8 Å². The molecule has 9 heavy (non-hydrogen) atoms. The van der Waals surface area contributed by atoms with E-state index >= 15 is 0 Å². The van der Waals surface area contributed by atoms with Crippen molar-refractivity contribution in [3.8, 4) is 0 Å². The van der Waals surface area contributed by atoms with Crippen molar-refractivity contribution < 1.29 is 4.74 Å². The van der Waals surface area contributed by atoms with Crippen molar-refractivity contribution in [1.82, 2.24) is 0 Å². The van der Waals surface area contributed by atoms with Crippen LogP contribution in [0.4, 0.5) is 0 Å². The van der Waals surface area contributed by atoms with Gasteiger partial charge >= 0.3 is 0 Å². The molecule has 0 amide bonds. The monoisotopic (exact) mass is 149 g/mol. The van der Waals surface area contributed by atoms with Crippen LogP contribution in [0.2, 0.25) is 0 Å². The quantitative estimate of drug-likeness (QED) is 0.472. The summed E-state index contributed by atoms with van der Waals surface area (Å²) in [7, 11) is 0. The van der Waals surface area contributed by atoms with Gasteiger partial charge in [-0.1, -0.05) is 0 Å². The van der Waals surface area contributed by atoms with E-state index in [0.29, 0.717) is 18.4 Å². The highest BCUT2D eigenvalue weighted by Gasteiger charge is 2.27. The van der Waals surface area contributed by atoms with Crippen LogP contribution in [0.5, 0.6) is 0 Å². The topological polar surface area (TPSA) is 33.1 Å². The van der Waals surface area contributed by atoms with Crippen molar-refractivity contribution >= 4 is 18.3 Å². The van der Waals surface area contributed by atoms with Crippen LogP contribution in [0.1, 0.15) is 19.8 Å². The Labute approximate surface area is 61.5 Å². The lowest BCUT2D eigenvalue weighted by Crippen LogP contribution is -2.03. The number of rotatable bonds is 2. The van der Waals surface area contributed by atoms with E-state index in [1.165, 1.54) is 12.8 Å². The fraction of sp³-hybridized carbons (Fsp3) is 0.833. The molecule has 1 N–H and O–H groups in total. The molecule has 3 heteroatoms. The largest absolute Gasteiger partial charge is 0.481 e. The Hall–Kier alpha value is -0.240. The molecule has 1 rings (SSSR count). The van der Waals surface area contributed by atoms with E-state index in [4.69, 9.17) is 10.1 Å². The number of nitrogens with one attached hydrogen (secondary N) is 1. The van der Waals surface area contributed by atoms with E-state index in [9.17, 15) is 0 Å². The molecule has 2 nitrogen and oxygen atoms in total. The number of hydrogen-bond donors (Lipinski definition) is 1. The van der Waals surface area contributed by atoms with Crippen molar-refractivity contribution in [3.05, 3.63) is 0 Å². The molecule has 0 spiro atoms. The van der Waals surface area contributed by atoms with Crippen LogP contribution >= 0.6 is 12.4 Å². The van der Waals surface area contributed by atoms with Gasteiger partial charge in [-0.15, -0.1) is 12.4 Å². The van der Waals surface area contributed by atoms with Crippen LogP contribution < -0.4 is 0 Å². The Bertz CT molecular complexity index is 101. The van der Waals surface area contributed by atoms with Crippen molar-refractivity contribution in [3.63, 3.8) is 0 Å². The van der Waals surface area contributed by atoms with Crippen molar-refractivity contribution in [2.24, 2.45) is 5.92 Å². The summed E-state index contributed by atoms with van der Waals surface area (Å²) in [6.07, 6.45) is 2.33. The zero-order chi connectivity index (χ0) is 5.98. The standard InChI is InChI=1S/C6H11NO.ClH/c1-2-8-6(7)5-3-4-5;/h5,7H,2-4H2,1H3;1H. The van der Waals surface area contributed by atoms with E-state index < -0.39 is 0 Å². The normalized spacial score (nSPS) is 16.1. The fourth-order valence-corrected chi connectivity index (χ4v) is 0.619. The van der Waals surface area contributed by atoms with Gasteiger partial charge in [-0.3, -0.25) is 5.41 Å².